The van der Waals surface area contributed by atoms with E-state index in [0.29, 0.717) is 5.69 Å². The maximum atomic E-state index is 12.1. The minimum atomic E-state index is -1.11. The van der Waals surface area contributed by atoms with E-state index in [1.165, 1.54) is 0 Å². The van der Waals surface area contributed by atoms with Gasteiger partial charge in [-0.3, -0.25) is 4.98 Å². The molecular formula is C13H17N3O4. The third-order valence-corrected chi connectivity index (χ3v) is 3.30. The van der Waals surface area contributed by atoms with Crippen LogP contribution in [0.3, 0.4) is 0 Å². The monoisotopic (exact) mass is 279 g/mol. The Balaban J connectivity index is 2.02. The first-order chi connectivity index (χ1) is 9.49. The van der Waals surface area contributed by atoms with Crippen molar-refractivity contribution in [2.24, 2.45) is 0 Å². The molecule has 1 aliphatic rings. The van der Waals surface area contributed by atoms with E-state index in [2.05, 4.69) is 10.3 Å². The van der Waals surface area contributed by atoms with Crippen LogP contribution < -0.4 is 5.32 Å². The number of aliphatic hydroxyl groups excluding tert-OH is 1. The molecule has 3 N–H and O–H groups in total. The Morgan fingerprint density at radius 3 is 2.85 bits per heavy atom. The van der Waals surface area contributed by atoms with Gasteiger partial charge in [0.1, 0.15) is 6.04 Å². The molecule has 0 bridgehead atoms. The number of aliphatic hydroxyl groups is 1. The van der Waals surface area contributed by atoms with Gasteiger partial charge in [-0.1, -0.05) is 6.07 Å². The average molecular weight is 279 g/mol. The van der Waals surface area contributed by atoms with Gasteiger partial charge in [-0.15, -0.1) is 0 Å². The predicted molar refractivity (Wildman–Crippen MR) is 69.9 cm³/mol. The second kappa shape index (κ2) is 5.87. The SMILES string of the molecule is CC(NC(=O)N1CC(O)C[C@H]1C(=O)O)c1ccccn1. The molecule has 7 heteroatoms. The zero-order valence-corrected chi connectivity index (χ0v) is 11.1. The number of aromatic nitrogens is 1. The molecule has 3 atom stereocenters. The Morgan fingerprint density at radius 2 is 2.25 bits per heavy atom. The van der Waals surface area contributed by atoms with Crippen LogP contribution >= 0.6 is 0 Å². The number of aliphatic carboxylic acids is 1. The van der Waals surface area contributed by atoms with E-state index >= 15 is 0 Å². The molecule has 1 saturated heterocycles. The van der Waals surface area contributed by atoms with E-state index in [-0.39, 0.29) is 19.0 Å². The number of carbonyl (C=O) groups is 2. The number of carboxylic acids is 1. The Bertz CT molecular complexity index is 494. The van der Waals surface area contributed by atoms with Crippen molar-refractivity contribution < 1.29 is 19.8 Å². The quantitative estimate of drug-likeness (QED) is 0.742. The highest BCUT2D eigenvalue weighted by Crippen LogP contribution is 2.19. The number of nitrogens with one attached hydrogen (secondary N) is 1. The van der Waals surface area contributed by atoms with Gasteiger partial charge < -0.3 is 20.4 Å². The maximum Gasteiger partial charge on any atom is 0.326 e. The average Bonchev–Trinajstić information content (AvgIpc) is 2.82. The summed E-state index contributed by atoms with van der Waals surface area (Å²) in [7, 11) is 0. The molecule has 7 nitrogen and oxygen atoms in total. The Kier molecular flexibility index (Phi) is 4.19. The molecule has 1 fully saturated rings. The molecule has 2 heterocycles. The molecule has 2 unspecified atom stereocenters. The van der Waals surface area contributed by atoms with Crippen LogP contribution in [0.25, 0.3) is 0 Å². The molecule has 2 rings (SSSR count). The van der Waals surface area contributed by atoms with Gasteiger partial charge in [0.05, 0.1) is 17.8 Å². The highest BCUT2D eigenvalue weighted by atomic mass is 16.4. The van der Waals surface area contributed by atoms with Crippen molar-refractivity contribution in [3.05, 3.63) is 30.1 Å². The fourth-order valence-corrected chi connectivity index (χ4v) is 2.25. The normalized spacial score (nSPS) is 23.4. The number of rotatable bonds is 3. The molecule has 0 saturated carbocycles. The van der Waals surface area contributed by atoms with Crippen LogP contribution in [0.4, 0.5) is 4.79 Å². The number of hydrogen-bond donors (Lipinski definition) is 3. The second-order valence-electron chi connectivity index (χ2n) is 4.82. The van der Waals surface area contributed by atoms with Gasteiger partial charge in [0.2, 0.25) is 0 Å². The van der Waals surface area contributed by atoms with Gasteiger partial charge in [-0.2, -0.15) is 0 Å². The molecule has 0 aliphatic carbocycles. The first-order valence-electron chi connectivity index (χ1n) is 6.38. The summed E-state index contributed by atoms with van der Waals surface area (Å²) in [5.74, 6) is -1.11. The second-order valence-corrected chi connectivity index (χ2v) is 4.82. The van der Waals surface area contributed by atoms with Crippen LogP contribution in [0.15, 0.2) is 24.4 Å². The van der Waals surface area contributed by atoms with Crippen LogP contribution in [-0.2, 0) is 4.79 Å². The van der Waals surface area contributed by atoms with Crippen LogP contribution in [0, 0.1) is 0 Å². The van der Waals surface area contributed by atoms with Gasteiger partial charge >= 0.3 is 12.0 Å². The number of urea groups is 1. The highest BCUT2D eigenvalue weighted by molar-refractivity contribution is 5.83. The summed E-state index contributed by atoms with van der Waals surface area (Å²) in [5, 5.41) is 21.3. The molecule has 1 aromatic heterocycles. The first-order valence-corrected chi connectivity index (χ1v) is 6.38. The molecular weight excluding hydrogens is 262 g/mol. The van der Waals surface area contributed by atoms with Gasteiger partial charge in [0.15, 0.2) is 0 Å². The minimum Gasteiger partial charge on any atom is -0.480 e. The predicted octanol–water partition coefficient (Wildman–Crippen LogP) is 0.372. The van der Waals surface area contributed by atoms with Crippen LogP contribution in [0.5, 0.6) is 0 Å². The van der Waals surface area contributed by atoms with Crippen LogP contribution in [0.1, 0.15) is 25.1 Å². The van der Waals surface area contributed by atoms with Crippen molar-refractivity contribution in [2.75, 3.05) is 6.54 Å². The van der Waals surface area contributed by atoms with Crippen molar-refractivity contribution in [2.45, 2.75) is 31.5 Å². The summed E-state index contributed by atoms with van der Waals surface area (Å²) in [6.45, 7) is 1.79. The summed E-state index contributed by atoms with van der Waals surface area (Å²) in [5.41, 5.74) is 0.687. The van der Waals surface area contributed by atoms with E-state index in [0.717, 1.165) is 4.90 Å². The number of likely N-dealkylation sites (tertiary alicyclic amines) is 1. The molecule has 108 valence electrons. The highest BCUT2D eigenvalue weighted by Gasteiger charge is 2.39. The van der Waals surface area contributed by atoms with Gasteiger partial charge in [-0.25, -0.2) is 9.59 Å². The van der Waals surface area contributed by atoms with Crippen molar-refractivity contribution in [3.63, 3.8) is 0 Å². The lowest BCUT2D eigenvalue weighted by molar-refractivity contribution is -0.141. The summed E-state index contributed by atoms with van der Waals surface area (Å²) in [6.07, 6.45) is 0.880. The topological polar surface area (TPSA) is 103 Å². The first kappa shape index (κ1) is 14.3. The summed E-state index contributed by atoms with van der Waals surface area (Å²) >= 11 is 0. The van der Waals surface area contributed by atoms with Gasteiger partial charge in [0.25, 0.3) is 0 Å². The standard InChI is InChI=1S/C13H17N3O4/c1-8(10-4-2-3-5-14-10)15-13(20)16-7-9(17)6-11(16)12(18)19/h2-5,8-9,11,17H,6-7H2,1H3,(H,15,20)(H,18,19)/t8?,9?,11-/m0/s1. The summed E-state index contributed by atoms with van der Waals surface area (Å²) < 4.78 is 0. The number of carboxylic acid groups (broad SMARTS) is 1. The third-order valence-electron chi connectivity index (χ3n) is 3.30. The smallest absolute Gasteiger partial charge is 0.326 e. The molecule has 20 heavy (non-hydrogen) atoms. The van der Waals surface area contributed by atoms with Gasteiger partial charge in [0, 0.05) is 19.2 Å². The number of hydrogen-bond acceptors (Lipinski definition) is 4. The molecule has 0 aromatic carbocycles. The lowest BCUT2D eigenvalue weighted by Crippen LogP contribution is -2.46. The number of amides is 2. The summed E-state index contributed by atoms with van der Waals surface area (Å²) in [6, 6.07) is 3.53. The Morgan fingerprint density at radius 1 is 1.50 bits per heavy atom. The Hall–Kier alpha value is -2.15. The zero-order chi connectivity index (χ0) is 14.7. The van der Waals surface area contributed by atoms with Gasteiger partial charge in [-0.05, 0) is 19.1 Å². The van der Waals surface area contributed by atoms with E-state index < -0.39 is 24.1 Å². The van der Waals surface area contributed by atoms with Crippen molar-refractivity contribution in [1.82, 2.24) is 15.2 Å². The zero-order valence-electron chi connectivity index (χ0n) is 11.1. The third kappa shape index (κ3) is 3.05. The lowest BCUT2D eigenvalue weighted by Gasteiger charge is -2.24. The minimum absolute atomic E-state index is 0.0255. The molecule has 1 aromatic rings. The van der Waals surface area contributed by atoms with E-state index in [9.17, 15) is 14.7 Å². The van der Waals surface area contributed by atoms with E-state index in [1.54, 1.807) is 25.3 Å². The number of pyridine rings is 1. The fraction of sp³-hybridized carbons (Fsp3) is 0.462. The van der Waals surface area contributed by atoms with Crippen molar-refractivity contribution in [3.8, 4) is 0 Å². The maximum absolute atomic E-state index is 12.1. The molecule has 2 amide bonds. The fourth-order valence-electron chi connectivity index (χ4n) is 2.25. The Labute approximate surface area is 116 Å². The van der Waals surface area contributed by atoms with Crippen LogP contribution in [-0.4, -0.2) is 50.8 Å². The molecule has 0 spiro atoms. The number of nitrogens with zero attached hydrogens (tertiary/aromatic N) is 2. The number of β-amino-alcohol motifs (C(OH)–C–C–N with tert-alkyl or cyclic N) is 1. The molecule has 0 radical (unpaired) electrons. The number of carbonyl (C=O) groups excluding carboxylic acids is 1. The lowest BCUT2D eigenvalue weighted by atomic mass is 10.2. The van der Waals surface area contributed by atoms with E-state index in [1.807, 2.05) is 6.07 Å². The van der Waals surface area contributed by atoms with E-state index in [4.69, 9.17) is 5.11 Å². The summed E-state index contributed by atoms with van der Waals surface area (Å²) in [4.78, 5) is 28.4. The van der Waals surface area contributed by atoms with Crippen LogP contribution in [0.2, 0.25) is 0 Å². The largest absolute Gasteiger partial charge is 0.480 e. The van der Waals surface area contributed by atoms with Crippen molar-refractivity contribution in [1.29, 1.82) is 0 Å². The molecule has 1 aliphatic heterocycles. The van der Waals surface area contributed by atoms with Crippen molar-refractivity contribution >= 4 is 12.0 Å².